The SMILES string of the molecule is COc1ccc(C(=O)O)c2cn[nH]c12. The topological polar surface area (TPSA) is 75.2 Å². The second-order valence-electron chi connectivity index (χ2n) is 2.78. The first-order valence-electron chi connectivity index (χ1n) is 3.97. The van der Waals surface area contributed by atoms with E-state index in [9.17, 15) is 4.79 Å². The molecule has 0 bridgehead atoms. The van der Waals surface area contributed by atoms with E-state index in [0.29, 0.717) is 16.7 Å². The summed E-state index contributed by atoms with van der Waals surface area (Å²) >= 11 is 0. The second-order valence-corrected chi connectivity index (χ2v) is 2.78. The molecule has 0 radical (unpaired) electrons. The Morgan fingerprint density at radius 1 is 1.57 bits per heavy atom. The highest BCUT2D eigenvalue weighted by atomic mass is 16.5. The van der Waals surface area contributed by atoms with Gasteiger partial charge in [0, 0.05) is 5.39 Å². The van der Waals surface area contributed by atoms with Gasteiger partial charge < -0.3 is 9.84 Å². The van der Waals surface area contributed by atoms with Crippen LogP contribution in [-0.4, -0.2) is 28.4 Å². The van der Waals surface area contributed by atoms with Gasteiger partial charge in [-0.2, -0.15) is 5.10 Å². The summed E-state index contributed by atoms with van der Waals surface area (Å²) in [5, 5.41) is 15.9. The predicted molar refractivity (Wildman–Crippen MR) is 49.6 cm³/mol. The zero-order valence-electron chi connectivity index (χ0n) is 7.44. The van der Waals surface area contributed by atoms with E-state index in [1.807, 2.05) is 0 Å². The number of nitrogens with zero attached hydrogens (tertiary/aromatic N) is 1. The Morgan fingerprint density at radius 3 is 3.00 bits per heavy atom. The van der Waals surface area contributed by atoms with Gasteiger partial charge in [-0.15, -0.1) is 0 Å². The number of fused-ring (bicyclic) bond motifs is 1. The van der Waals surface area contributed by atoms with Gasteiger partial charge in [0.1, 0.15) is 11.3 Å². The maximum Gasteiger partial charge on any atom is 0.336 e. The van der Waals surface area contributed by atoms with Crippen LogP contribution in [0.1, 0.15) is 10.4 Å². The van der Waals surface area contributed by atoms with Crippen molar-refractivity contribution in [3.8, 4) is 5.75 Å². The van der Waals surface area contributed by atoms with Crippen molar-refractivity contribution in [2.75, 3.05) is 7.11 Å². The maximum absolute atomic E-state index is 10.8. The molecule has 72 valence electrons. The zero-order chi connectivity index (χ0) is 10.1. The fourth-order valence-corrected chi connectivity index (χ4v) is 1.37. The molecule has 2 N–H and O–H groups in total. The molecule has 0 spiro atoms. The van der Waals surface area contributed by atoms with E-state index in [1.165, 1.54) is 19.4 Å². The zero-order valence-corrected chi connectivity index (χ0v) is 7.44. The van der Waals surface area contributed by atoms with Gasteiger partial charge in [-0.05, 0) is 12.1 Å². The lowest BCUT2D eigenvalue weighted by molar-refractivity contribution is 0.0699. The Kier molecular flexibility index (Phi) is 1.85. The molecule has 0 saturated carbocycles. The van der Waals surface area contributed by atoms with Gasteiger partial charge in [0.25, 0.3) is 0 Å². The fraction of sp³-hybridized carbons (Fsp3) is 0.111. The summed E-state index contributed by atoms with van der Waals surface area (Å²) in [7, 11) is 1.52. The minimum atomic E-state index is -0.973. The van der Waals surface area contributed by atoms with E-state index in [0.717, 1.165) is 0 Å². The van der Waals surface area contributed by atoms with E-state index in [2.05, 4.69) is 10.2 Å². The van der Waals surface area contributed by atoms with Crippen molar-refractivity contribution in [3.05, 3.63) is 23.9 Å². The van der Waals surface area contributed by atoms with Crippen LogP contribution in [0.15, 0.2) is 18.3 Å². The number of aromatic nitrogens is 2. The number of rotatable bonds is 2. The summed E-state index contributed by atoms with van der Waals surface area (Å²) in [6.45, 7) is 0. The van der Waals surface area contributed by atoms with Crippen molar-refractivity contribution in [2.45, 2.75) is 0 Å². The van der Waals surface area contributed by atoms with E-state index < -0.39 is 5.97 Å². The molecule has 0 saturated heterocycles. The van der Waals surface area contributed by atoms with Crippen LogP contribution in [0.4, 0.5) is 0 Å². The number of aromatic amines is 1. The van der Waals surface area contributed by atoms with Gasteiger partial charge in [0.05, 0.1) is 18.9 Å². The summed E-state index contributed by atoms with van der Waals surface area (Å²) < 4.78 is 5.06. The number of ether oxygens (including phenoxy) is 1. The predicted octanol–water partition coefficient (Wildman–Crippen LogP) is 1.27. The highest BCUT2D eigenvalue weighted by molar-refractivity contribution is 6.04. The number of methoxy groups -OCH3 is 1. The minimum Gasteiger partial charge on any atom is -0.494 e. The molecule has 0 fully saturated rings. The number of hydrogen-bond donors (Lipinski definition) is 2. The largest absolute Gasteiger partial charge is 0.494 e. The van der Waals surface area contributed by atoms with Gasteiger partial charge in [-0.3, -0.25) is 5.10 Å². The van der Waals surface area contributed by atoms with Crippen LogP contribution in [0.2, 0.25) is 0 Å². The van der Waals surface area contributed by atoms with Crippen LogP contribution in [-0.2, 0) is 0 Å². The van der Waals surface area contributed by atoms with E-state index in [-0.39, 0.29) is 5.56 Å². The Hall–Kier alpha value is -2.04. The number of H-pyrrole nitrogens is 1. The molecule has 0 aliphatic rings. The van der Waals surface area contributed by atoms with E-state index in [1.54, 1.807) is 6.07 Å². The molecule has 1 heterocycles. The second kappa shape index (κ2) is 3.02. The molecule has 0 aliphatic heterocycles. The maximum atomic E-state index is 10.8. The molecule has 5 nitrogen and oxygen atoms in total. The molecule has 2 rings (SSSR count). The van der Waals surface area contributed by atoms with Crippen molar-refractivity contribution >= 4 is 16.9 Å². The third-order valence-corrected chi connectivity index (χ3v) is 2.03. The van der Waals surface area contributed by atoms with E-state index >= 15 is 0 Å². The number of hydrogen-bond acceptors (Lipinski definition) is 3. The normalized spacial score (nSPS) is 10.4. The quantitative estimate of drug-likeness (QED) is 0.751. The number of carboxylic acids is 1. The van der Waals surface area contributed by atoms with Crippen molar-refractivity contribution in [3.63, 3.8) is 0 Å². The van der Waals surface area contributed by atoms with Crippen LogP contribution in [0.3, 0.4) is 0 Å². The van der Waals surface area contributed by atoms with Crippen LogP contribution >= 0.6 is 0 Å². The molecule has 5 heteroatoms. The number of nitrogens with one attached hydrogen (secondary N) is 1. The molecule has 0 unspecified atom stereocenters. The number of aromatic carboxylic acids is 1. The fourth-order valence-electron chi connectivity index (χ4n) is 1.37. The molecule has 1 aromatic heterocycles. The van der Waals surface area contributed by atoms with Crippen molar-refractivity contribution in [1.82, 2.24) is 10.2 Å². The summed E-state index contributed by atoms with van der Waals surface area (Å²) in [5.41, 5.74) is 0.821. The van der Waals surface area contributed by atoms with Crippen molar-refractivity contribution in [2.24, 2.45) is 0 Å². The number of carboxylic acid groups (broad SMARTS) is 1. The van der Waals surface area contributed by atoms with Gasteiger partial charge >= 0.3 is 5.97 Å². The van der Waals surface area contributed by atoms with Crippen LogP contribution < -0.4 is 4.74 Å². The van der Waals surface area contributed by atoms with Gasteiger partial charge in [-0.1, -0.05) is 0 Å². The summed E-state index contributed by atoms with van der Waals surface area (Å²) in [4.78, 5) is 10.8. The lowest BCUT2D eigenvalue weighted by Crippen LogP contribution is -1.97. The number of benzene rings is 1. The molecular weight excluding hydrogens is 184 g/mol. The molecule has 14 heavy (non-hydrogen) atoms. The Labute approximate surface area is 79.3 Å². The van der Waals surface area contributed by atoms with Gasteiger partial charge in [-0.25, -0.2) is 4.79 Å². The summed E-state index contributed by atoms with van der Waals surface area (Å²) in [5.74, 6) is -0.387. The first-order chi connectivity index (χ1) is 6.74. The molecule has 1 aromatic carbocycles. The average molecular weight is 192 g/mol. The number of carbonyl (C=O) groups is 1. The summed E-state index contributed by atoms with van der Waals surface area (Å²) in [6, 6.07) is 3.10. The molecular formula is C9H8N2O3. The third-order valence-electron chi connectivity index (χ3n) is 2.03. The minimum absolute atomic E-state index is 0.217. The highest BCUT2D eigenvalue weighted by Crippen LogP contribution is 2.25. The Balaban J connectivity index is 2.78. The molecule has 0 amide bonds. The van der Waals surface area contributed by atoms with Crippen molar-refractivity contribution in [1.29, 1.82) is 0 Å². The van der Waals surface area contributed by atoms with Crippen LogP contribution in [0.5, 0.6) is 5.75 Å². The van der Waals surface area contributed by atoms with Crippen molar-refractivity contribution < 1.29 is 14.6 Å². The molecule has 2 aromatic rings. The molecule has 0 aliphatic carbocycles. The lowest BCUT2D eigenvalue weighted by Gasteiger charge is -2.02. The standard InChI is InChI=1S/C9H8N2O3/c1-14-7-3-2-5(9(12)13)6-4-10-11-8(6)7/h2-4H,1H3,(H,10,11)(H,12,13). The highest BCUT2D eigenvalue weighted by Gasteiger charge is 2.12. The lowest BCUT2D eigenvalue weighted by atomic mass is 10.1. The first-order valence-corrected chi connectivity index (χ1v) is 3.97. The Morgan fingerprint density at radius 2 is 2.36 bits per heavy atom. The van der Waals surface area contributed by atoms with E-state index in [4.69, 9.17) is 9.84 Å². The monoisotopic (exact) mass is 192 g/mol. The van der Waals surface area contributed by atoms with Gasteiger partial charge in [0.2, 0.25) is 0 Å². The van der Waals surface area contributed by atoms with Crippen LogP contribution in [0.25, 0.3) is 10.9 Å². The third kappa shape index (κ3) is 1.10. The first kappa shape index (κ1) is 8.55. The molecule has 0 atom stereocenters. The Bertz CT molecular complexity index is 490. The summed E-state index contributed by atoms with van der Waals surface area (Å²) in [6.07, 6.45) is 1.47. The van der Waals surface area contributed by atoms with Gasteiger partial charge in [0.15, 0.2) is 0 Å². The van der Waals surface area contributed by atoms with Crippen LogP contribution in [0, 0.1) is 0 Å². The smallest absolute Gasteiger partial charge is 0.336 e. The average Bonchev–Trinajstić information content (AvgIpc) is 2.64.